The average Bonchev–Trinajstić information content (AvgIpc) is 2.31. The molecule has 0 aliphatic carbocycles. The SMILES string of the molecule is CC(C)CNCc1cccc(Cl)c1SCCN(C)C. The largest absolute Gasteiger partial charge is 0.312 e. The summed E-state index contributed by atoms with van der Waals surface area (Å²) < 4.78 is 0. The summed E-state index contributed by atoms with van der Waals surface area (Å²) in [6.07, 6.45) is 0. The fourth-order valence-electron chi connectivity index (χ4n) is 1.68. The van der Waals surface area contributed by atoms with Crippen LogP contribution in [0.2, 0.25) is 5.02 Å². The lowest BCUT2D eigenvalue weighted by molar-refractivity contribution is 0.437. The van der Waals surface area contributed by atoms with Gasteiger partial charge >= 0.3 is 0 Å². The molecule has 4 heteroatoms. The Bertz CT molecular complexity index is 380. The minimum atomic E-state index is 0.670. The third-order valence-corrected chi connectivity index (χ3v) is 4.29. The number of halogens is 1. The number of hydrogen-bond acceptors (Lipinski definition) is 3. The Morgan fingerprint density at radius 1 is 1.32 bits per heavy atom. The first-order valence-corrected chi connectivity index (χ1v) is 8.12. The van der Waals surface area contributed by atoms with E-state index in [0.29, 0.717) is 5.92 Å². The highest BCUT2D eigenvalue weighted by molar-refractivity contribution is 7.99. The lowest BCUT2D eigenvalue weighted by Gasteiger charge is -2.14. The van der Waals surface area contributed by atoms with E-state index in [1.54, 1.807) is 0 Å². The van der Waals surface area contributed by atoms with Crippen LogP contribution < -0.4 is 5.32 Å². The Balaban J connectivity index is 2.61. The summed E-state index contributed by atoms with van der Waals surface area (Å²) in [6, 6.07) is 6.17. The molecule has 0 aliphatic rings. The molecule has 2 nitrogen and oxygen atoms in total. The number of nitrogens with one attached hydrogen (secondary N) is 1. The molecule has 0 bridgehead atoms. The van der Waals surface area contributed by atoms with Gasteiger partial charge in [0.1, 0.15) is 0 Å². The summed E-state index contributed by atoms with van der Waals surface area (Å²) in [5.74, 6) is 1.73. The van der Waals surface area contributed by atoms with E-state index in [4.69, 9.17) is 11.6 Å². The highest BCUT2D eigenvalue weighted by Gasteiger charge is 2.08. The molecule has 0 saturated carbocycles. The molecule has 0 spiro atoms. The normalized spacial score (nSPS) is 11.5. The molecule has 1 aromatic carbocycles. The van der Waals surface area contributed by atoms with Gasteiger partial charge in [0.05, 0.1) is 5.02 Å². The molecule has 0 amide bonds. The Kier molecular flexibility index (Phi) is 7.84. The molecule has 0 atom stereocenters. The van der Waals surface area contributed by atoms with E-state index in [1.165, 1.54) is 10.5 Å². The summed E-state index contributed by atoms with van der Waals surface area (Å²) in [6.45, 7) is 7.43. The zero-order valence-corrected chi connectivity index (χ0v) is 13.9. The fourth-order valence-corrected chi connectivity index (χ4v) is 3.23. The van der Waals surface area contributed by atoms with Crippen molar-refractivity contribution in [3.63, 3.8) is 0 Å². The second-order valence-electron chi connectivity index (χ2n) is 5.40. The van der Waals surface area contributed by atoms with Gasteiger partial charge in [-0.15, -0.1) is 11.8 Å². The van der Waals surface area contributed by atoms with Gasteiger partial charge in [-0.1, -0.05) is 37.6 Å². The first kappa shape index (κ1) is 16.8. The first-order valence-electron chi connectivity index (χ1n) is 6.76. The predicted molar refractivity (Wildman–Crippen MR) is 87.3 cm³/mol. The van der Waals surface area contributed by atoms with Crippen molar-refractivity contribution in [2.45, 2.75) is 25.3 Å². The second kappa shape index (κ2) is 8.85. The lowest BCUT2D eigenvalue weighted by Crippen LogP contribution is -2.19. The molecule has 1 aromatic rings. The summed E-state index contributed by atoms with van der Waals surface area (Å²) >= 11 is 8.17. The van der Waals surface area contributed by atoms with Crippen LogP contribution in [-0.2, 0) is 6.54 Å². The van der Waals surface area contributed by atoms with E-state index < -0.39 is 0 Å². The molecule has 1 N–H and O–H groups in total. The Morgan fingerprint density at radius 3 is 2.68 bits per heavy atom. The van der Waals surface area contributed by atoms with E-state index >= 15 is 0 Å². The van der Waals surface area contributed by atoms with Gasteiger partial charge in [-0.25, -0.2) is 0 Å². The van der Waals surface area contributed by atoms with Crippen LogP contribution in [0.1, 0.15) is 19.4 Å². The summed E-state index contributed by atoms with van der Waals surface area (Å²) in [5, 5.41) is 4.35. The predicted octanol–water partition coefficient (Wildman–Crippen LogP) is 3.74. The number of rotatable bonds is 8. The van der Waals surface area contributed by atoms with Crippen LogP contribution in [0.3, 0.4) is 0 Å². The Morgan fingerprint density at radius 2 is 2.05 bits per heavy atom. The van der Waals surface area contributed by atoms with E-state index in [9.17, 15) is 0 Å². The van der Waals surface area contributed by atoms with Crippen molar-refractivity contribution in [1.82, 2.24) is 10.2 Å². The third-order valence-electron chi connectivity index (χ3n) is 2.70. The maximum absolute atomic E-state index is 6.32. The molecule has 108 valence electrons. The zero-order chi connectivity index (χ0) is 14.3. The van der Waals surface area contributed by atoms with Crippen molar-refractivity contribution in [3.05, 3.63) is 28.8 Å². The first-order chi connectivity index (χ1) is 9.00. The Hall–Kier alpha value is -0.220. The molecule has 0 heterocycles. The monoisotopic (exact) mass is 300 g/mol. The van der Waals surface area contributed by atoms with Gasteiger partial charge in [0.2, 0.25) is 0 Å². The van der Waals surface area contributed by atoms with Gasteiger partial charge in [0.15, 0.2) is 0 Å². The van der Waals surface area contributed by atoms with Crippen LogP contribution in [0.5, 0.6) is 0 Å². The van der Waals surface area contributed by atoms with E-state index in [1.807, 2.05) is 23.9 Å². The molecule has 0 aliphatic heterocycles. The van der Waals surface area contributed by atoms with E-state index in [0.717, 1.165) is 30.4 Å². The number of thioether (sulfide) groups is 1. The molecule has 1 rings (SSSR count). The smallest absolute Gasteiger partial charge is 0.0545 e. The average molecular weight is 301 g/mol. The molecule has 0 aromatic heterocycles. The molecular weight excluding hydrogens is 276 g/mol. The number of benzene rings is 1. The quantitative estimate of drug-likeness (QED) is 0.736. The Labute approximate surface area is 126 Å². The van der Waals surface area contributed by atoms with Crippen LogP contribution in [0.4, 0.5) is 0 Å². The second-order valence-corrected chi connectivity index (χ2v) is 6.92. The molecular formula is C15H25ClN2S. The summed E-state index contributed by atoms with van der Waals surface area (Å²) in [7, 11) is 4.19. The summed E-state index contributed by atoms with van der Waals surface area (Å²) in [5.41, 5.74) is 1.30. The van der Waals surface area contributed by atoms with Gasteiger partial charge in [-0.05, 0) is 38.2 Å². The van der Waals surface area contributed by atoms with Crippen LogP contribution in [0, 0.1) is 5.92 Å². The van der Waals surface area contributed by atoms with Gasteiger partial charge in [-0.3, -0.25) is 0 Å². The standard InChI is InChI=1S/C15H25ClN2S/c1-12(2)10-17-11-13-6-5-7-14(16)15(13)19-9-8-18(3)4/h5-7,12,17H,8-11H2,1-4H3. The zero-order valence-electron chi connectivity index (χ0n) is 12.4. The van der Waals surface area contributed by atoms with Crippen LogP contribution in [0.25, 0.3) is 0 Å². The topological polar surface area (TPSA) is 15.3 Å². The van der Waals surface area contributed by atoms with Crippen LogP contribution >= 0.6 is 23.4 Å². The molecule has 0 saturated heterocycles. The van der Waals surface area contributed by atoms with Crippen molar-refractivity contribution in [1.29, 1.82) is 0 Å². The molecule has 0 fully saturated rings. The van der Waals surface area contributed by atoms with Gasteiger partial charge < -0.3 is 10.2 Å². The third kappa shape index (κ3) is 6.66. The minimum Gasteiger partial charge on any atom is -0.312 e. The highest BCUT2D eigenvalue weighted by Crippen LogP contribution is 2.30. The maximum Gasteiger partial charge on any atom is 0.0545 e. The van der Waals surface area contributed by atoms with E-state index in [-0.39, 0.29) is 0 Å². The number of nitrogens with zero attached hydrogens (tertiary/aromatic N) is 1. The maximum atomic E-state index is 6.32. The van der Waals surface area contributed by atoms with Crippen molar-refractivity contribution >= 4 is 23.4 Å². The number of hydrogen-bond donors (Lipinski definition) is 1. The van der Waals surface area contributed by atoms with Crippen molar-refractivity contribution in [2.75, 3.05) is 32.9 Å². The molecule has 0 unspecified atom stereocenters. The van der Waals surface area contributed by atoms with Crippen molar-refractivity contribution < 1.29 is 0 Å². The van der Waals surface area contributed by atoms with Gasteiger partial charge in [0, 0.05) is 23.7 Å². The van der Waals surface area contributed by atoms with Crippen LogP contribution in [-0.4, -0.2) is 37.8 Å². The molecule has 0 radical (unpaired) electrons. The van der Waals surface area contributed by atoms with Crippen molar-refractivity contribution in [3.8, 4) is 0 Å². The van der Waals surface area contributed by atoms with Gasteiger partial charge in [-0.2, -0.15) is 0 Å². The van der Waals surface area contributed by atoms with Crippen molar-refractivity contribution in [2.24, 2.45) is 5.92 Å². The van der Waals surface area contributed by atoms with Gasteiger partial charge in [0.25, 0.3) is 0 Å². The molecule has 19 heavy (non-hydrogen) atoms. The summed E-state index contributed by atoms with van der Waals surface area (Å²) in [4.78, 5) is 3.42. The lowest BCUT2D eigenvalue weighted by atomic mass is 10.2. The van der Waals surface area contributed by atoms with Crippen LogP contribution in [0.15, 0.2) is 23.1 Å². The highest BCUT2D eigenvalue weighted by atomic mass is 35.5. The fraction of sp³-hybridized carbons (Fsp3) is 0.600. The van der Waals surface area contributed by atoms with E-state index in [2.05, 4.69) is 44.2 Å². The minimum absolute atomic E-state index is 0.670.